The fourth-order valence-electron chi connectivity index (χ4n) is 2.69. The van der Waals surface area contributed by atoms with Gasteiger partial charge in [0.2, 0.25) is 0 Å². The smallest absolute Gasteiger partial charge is 0.261 e. The van der Waals surface area contributed by atoms with Crippen molar-refractivity contribution in [1.29, 1.82) is 0 Å². The van der Waals surface area contributed by atoms with Gasteiger partial charge in [-0.05, 0) is 49.4 Å². The van der Waals surface area contributed by atoms with Gasteiger partial charge >= 0.3 is 0 Å². The number of nitrogens with one attached hydrogen (secondary N) is 2. The van der Waals surface area contributed by atoms with Crippen molar-refractivity contribution in [2.75, 3.05) is 4.72 Å². The van der Waals surface area contributed by atoms with E-state index < -0.39 is 21.7 Å². The number of rotatable bonds is 7. The molecule has 8 heteroatoms. The summed E-state index contributed by atoms with van der Waals surface area (Å²) >= 11 is 0. The lowest BCUT2D eigenvalue weighted by Crippen LogP contribution is -2.23. The molecule has 0 saturated carbocycles. The van der Waals surface area contributed by atoms with Crippen molar-refractivity contribution >= 4 is 27.4 Å². The topological polar surface area (TPSA) is 92.3 Å². The summed E-state index contributed by atoms with van der Waals surface area (Å²) in [5.74, 6) is -0.970. The zero-order chi connectivity index (χ0) is 21.7. The van der Waals surface area contributed by atoms with Crippen molar-refractivity contribution in [3.05, 3.63) is 95.3 Å². The first-order chi connectivity index (χ1) is 14.3. The highest BCUT2D eigenvalue weighted by molar-refractivity contribution is 7.92. The third kappa shape index (κ3) is 5.09. The van der Waals surface area contributed by atoms with Crippen LogP contribution in [0.1, 0.15) is 33.2 Å². The second kappa shape index (κ2) is 8.87. The predicted octanol–water partition coefficient (Wildman–Crippen LogP) is 3.76. The molecule has 0 aliphatic heterocycles. The van der Waals surface area contributed by atoms with E-state index >= 15 is 0 Å². The summed E-state index contributed by atoms with van der Waals surface area (Å²) in [4.78, 5) is 23.6. The molecule has 3 rings (SSSR count). The molecule has 0 atom stereocenters. The molecular formula is C22H19FN2O4S. The molecule has 30 heavy (non-hydrogen) atoms. The van der Waals surface area contributed by atoms with Crippen LogP contribution in [0.5, 0.6) is 0 Å². The maximum absolute atomic E-state index is 13.6. The third-order valence-electron chi connectivity index (χ3n) is 4.37. The Labute approximate surface area is 173 Å². The predicted molar refractivity (Wildman–Crippen MR) is 111 cm³/mol. The van der Waals surface area contributed by atoms with Crippen LogP contribution in [0.3, 0.4) is 0 Å². The maximum atomic E-state index is 13.6. The van der Waals surface area contributed by atoms with Gasteiger partial charge in [-0.2, -0.15) is 0 Å². The Morgan fingerprint density at radius 2 is 1.47 bits per heavy atom. The SMILES string of the molecule is CC(=O)c1ccc(S(=O)(=O)Nc2ccc(C(=O)NCc3ccccc3F)cc2)cc1. The fourth-order valence-corrected chi connectivity index (χ4v) is 3.75. The molecule has 0 saturated heterocycles. The molecule has 0 fully saturated rings. The number of sulfonamides is 1. The van der Waals surface area contributed by atoms with Crippen molar-refractivity contribution < 1.29 is 22.4 Å². The first-order valence-corrected chi connectivity index (χ1v) is 10.5. The lowest BCUT2D eigenvalue weighted by Gasteiger charge is -2.10. The molecule has 0 spiro atoms. The Bertz CT molecular complexity index is 1170. The van der Waals surface area contributed by atoms with Crippen molar-refractivity contribution in [2.45, 2.75) is 18.4 Å². The van der Waals surface area contributed by atoms with E-state index in [1.54, 1.807) is 18.2 Å². The number of hydrogen-bond acceptors (Lipinski definition) is 4. The van der Waals surface area contributed by atoms with Crippen LogP contribution in [0.25, 0.3) is 0 Å². The third-order valence-corrected chi connectivity index (χ3v) is 5.76. The summed E-state index contributed by atoms with van der Waals surface area (Å²) in [6.07, 6.45) is 0. The number of halogens is 1. The number of benzene rings is 3. The minimum atomic E-state index is -3.84. The number of amides is 1. The monoisotopic (exact) mass is 426 g/mol. The first kappa shape index (κ1) is 21.2. The normalized spacial score (nSPS) is 11.0. The molecule has 0 aliphatic carbocycles. The van der Waals surface area contributed by atoms with E-state index in [9.17, 15) is 22.4 Å². The van der Waals surface area contributed by atoms with Gasteiger partial charge < -0.3 is 5.32 Å². The highest BCUT2D eigenvalue weighted by atomic mass is 32.2. The maximum Gasteiger partial charge on any atom is 0.261 e. The van der Waals surface area contributed by atoms with Gasteiger partial charge in [0.05, 0.1) is 4.90 Å². The van der Waals surface area contributed by atoms with Gasteiger partial charge in [0.1, 0.15) is 5.82 Å². The quantitative estimate of drug-likeness (QED) is 0.563. The molecular weight excluding hydrogens is 407 g/mol. The van der Waals surface area contributed by atoms with Crippen LogP contribution in [0, 0.1) is 5.82 Å². The van der Waals surface area contributed by atoms with Crippen LogP contribution in [0.2, 0.25) is 0 Å². The second-order valence-corrected chi connectivity index (χ2v) is 8.22. The average molecular weight is 426 g/mol. The van der Waals surface area contributed by atoms with Crippen molar-refractivity contribution in [3.8, 4) is 0 Å². The molecule has 0 aromatic heterocycles. The summed E-state index contributed by atoms with van der Waals surface area (Å²) in [6.45, 7) is 1.44. The molecule has 6 nitrogen and oxygen atoms in total. The summed E-state index contributed by atoms with van der Waals surface area (Å²) in [5.41, 5.74) is 1.36. The van der Waals surface area contributed by atoms with Crippen molar-refractivity contribution in [1.82, 2.24) is 5.32 Å². The van der Waals surface area contributed by atoms with E-state index in [1.165, 1.54) is 61.5 Å². The number of Topliss-reactive ketones (excluding diaryl/α,β-unsaturated/α-hetero) is 1. The standard InChI is InChI=1S/C22H19FN2O4S/c1-15(26)16-8-12-20(13-9-16)30(28,29)25-19-10-6-17(7-11-19)22(27)24-14-18-4-2-3-5-21(18)23/h2-13,25H,14H2,1H3,(H,24,27). The number of anilines is 1. The Balaban J connectivity index is 1.65. The Morgan fingerprint density at radius 3 is 2.07 bits per heavy atom. The van der Waals surface area contributed by atoms with Gasteiger partial charge in [-0.25, -0.2) is 12.8 Å². The molecule has 3 aromatic carbocycles. The van der Waals surface area contributed by atoms with Crippen molar-refractivity contribution in [2.24, 2.45) is 0 Å². The van der Waals surface area contributed by atoms with E-state index in [-0.39, 0.29) is 22.9 Å². The van der Waals surface area contributed by atoms with E-state index in [2.05, 4.69) is 10.0 Å². The Morgan fingerprint density at radius 1 is 0.867 bits per heavy atom. The minimum absolute atomic E-state index is 0.0132. The number of hydrogen-bond donors (Lipinski definition) is 2. The van der Waals surface area contributed by atoms with E-state index in [0.29, 0.717) is 16.7 Å². The van der Waals surface area contributed by atoms with Gasteiger partial charge in [-0.1, -0.05) is 30.3 Å². The molecule has 2 N–H and O–H groups in total. The van der Waals surface area contributed by atoms with Crippen LogP contribution < -0.4 is 10.0 Å². The molecule has 0 aliphatic rings. The molecule has 3 aromatic rings. The molecule has 0 heterocycles. The highest BCUT2D eigenvalue weighted by Crippen LogP contribution is 2.18. The van der Waals surface area contributed by atoms with Gasteiger partial charge in [-0.3, -0.25) is 14.3 Å². The van der Waals surface area contributed by atoms with Gasteiger partial charge in [0, 0.05) is 28.9 Å². The molecule has 0 unspecified atom stereocenters. The second-order valence-electron chi connectivity index (χ2n) is 6.54. The minimum Gasteiger partial charge on any atom is -0.348 e. The van der Waals surface area contributed by atoms with Gasteiger partial charge in [0.25, 0.3) is 15.9 Å². The summed E-state index contributed by atoms with van der Waals surface area (Å²) in [6, 6.07) is 17.6. The summed E-state index contributed by atoms with van der Waals surface area (Å²) < 4.78 is 41.0. The molecule has 1 amide bonds. The largest absolute Gasteiger partial charge is 0.348 e. The number of ketones is 1. The van der Waals surface area contributed by atoms with Crippen LogP contribution in [-0.2, 0) is 16.6 Å². The average Bonchev–Trinajstić information content (AvgIpc) is 2.73. The van der Waals surface area contributed by atoms with E-state index in [0.717, 1.165) is 0 Å². The summed E-state index contributed by atoms with van der Waals surface area (Å²) in [5, 5.41) is 2.62. The lowest BCUT2D eigenvalue weighted by molar-refractivity contribution is 0.0949. The van der Waals surface area contributed by atoms with E-state index in [4.69, 9.17) is 0 Å². The van der Waals surface area contributed by atoms with Gasteiger partial charge in [0.15, 0.2) is 5.78 Å². The van der Waals surface area contributed by atoms with Gasteiger partial charge in [-0.15, -0.1) is 0 Å². The van der Waals surface area contributed by atoms with E-state index in [1.807, 2.05) is 0 Å². The zero-order valence-electron chi connectivity index (χ0n) is 16.1. The summed E-state index contributed by atoms with van der Waals surface area (Å²) in [7, 11) is -3.84. The van der Waals surface area contributed by atoms with Crippen molar-refractivity contribution in [3.63, 3.8) is 0 Å². The lowest BCUT2D eigenvalue weighted by atomic mass is 10.1. The molecule has 0 bridgehead atoms. The Kier molecular flexibility index (Phi) is 6.27. The fraction of sp³-hybridized carbons (Fsp3) is 0.0909. The number of carbonyl (C=O) groups is 2. The Hall–Kier alpha value is -3.52. The van der Waals surface area contributed by atoms with Crippen LogP contribution in [-0.4, -0.2) is 20.1 Å². The number of carbonyl (C=O) groups excluding carboxylic acids is 2. The molecule has 0 radical (unpaired) electrons. The highest BCUT2D eigenvalue weighted by Gasteiger charge is 2.15. The molecule has 154 valence electrons. The van der Waals surface area contributed by atoms with Crippen LogP contribution >= 0.6 is 0 Å². The van der Waals surface area contributed by atoms with Crippen LogP contribution in [0.4, 0.5) is 10.1 Å². The zero-order valence-corrected chi connectivity index (χ0v) is 16.9. The van der Waals surface area contributed by atoms with Crippen LogP contribution in [0.15, 0.2) is 77.7 Å². The first-order valence-electron chi connectivity index (χ1n) is 9.02.